The highest BCUT2D eigenvalue weighted by Crippen LogP contribution is 2.26. The zero-order valence-corrected chi connectivity index (χ0v) is 36.1. The number of urea groups is 1. The lowest BCUT2D eigenvalue weighted by Crippen LogP contribution is -2.47. The number of benzene rings is 1. The van der Waals surface area contributed by atoms with Crippen LogP contribution in [0.1, 0.15) is 77.2 Å². The highest BCUT2D eigenvalue weighted by molar-refractivity contribution is 6.13. The molecule has 0 saturated heterocycles. The second kappa shape index (κ2) is 29.5. The number of methoxy groups -OCH3 is 1. The van der Waals surface area contributed by atoms with E-state index in [1.807, 2.05) is 0 Å². The first-order valence-electron chi connectivity index (χ1n) is 20.6. The van der Waals surface area contributed by atoms with Crippen molar-refractivity contribution in [1.29, 1.82) is 0 Å². The van der Waals surface area contributed by atoms with E-state index in [0.717, 1.165) is 4.90 Å². The van der Waals surface area contributed by atoms with Gasteiger partial charge < -0.3 is 50.7 Å². The minimum atomic E-state index is -0.925. The first-order valence-corrected chi connectivity index (χ1v) is 20.6. The Morgan fingerprint density at radius 2 is 1.50 bits per heavy atom. The Labute approximate surface area is 361 Å². The van der Waals surface area contributed by atoms with Crippen LogP contribution in [0.2, 0.25) is 0 Å². The summed E-state index contributed by atoms with van der Waals surface area (Å²) in [6, 6.07) is 2.89. The van der Waals surface area contributed by atoms with Gasteiger partial charge in [-0.1, -0.05) is 20.3 Å². The molecule has 7 amide bonds. The van der Waals surface area contributed by atoms with Crippen LogP contribution in [0, 0.1) is 11.8 Å². The second-order valence-corrected chi connectivity index (χ2v) is 14.7. The molecule has 0 radical (unpaired) electrons. The molecule has 0 bridgehead atoms. The van der Waals surface area contributed by atoms with E-state index in [1.54, 1.807) is 33.1 Å². The van der Waals surface area contributed by atoms with E-state index >= 15 is 0 Å². The predicted octanol–water partition coefficient (Wildman–Crippen LogP) is 2.11. The first kappa shape index (κ1) is 52.4. The monoisotopic (exact) mass is 874 g/mol. The van der Waals surface area contributed by atoms with E-state index in [1.165, 1.54) is 25.3 Å². The number of primary amides is 1. The average molecular weight is 875 g/mol. The van der Waals surface area contributed by atoms with Crippen molar-refractivity contribution in [2.24, 2.45) is 17.6 Å². The number of rotatable bonds is 33. The standard InChI is InChI=1S/C42H62N6O14/c1-28(2)39(47-36(52)27-60-22-21-59-20-19-58-4)34(51)23-29(9-8-17-45-41(43)56)40(55)46-31-13-12-30(25-62-42(57)44-3)35(24-31)61-26-33(50)11-7-5-6-10-32(49)16-18-48-37(53)14-15-38(48)54/h12-15,24,28-29,39H,5-11,16-23,25-27H2,1-4H3,(H,44,57)(H,46,55)(H,47,52)(H3,43,45,56)/t29-,39+/m1/s1. The molecule has 0 saturated carbocycles. The highest BCUT2D eigenvalue weighted by Gasteiger charge is 2.30. The van der Waals surface area contributed by atoms with Crippen LogP contribution in [0.5, 0.6) is 5.75 Å². The molecule has 1 aliphatic heterocycles. The Morgan fingerprint density at radius 1 is 0.823 bits per heavy atom. The Hall–Kier alpha value is -5.73. The molecule has 6 N–H and O–H groups in total. The van der Waals surface area contributed by atoms with Gasteiger partial charge in [-0.15, -0.1) is 0 Å². The molecule has 0 aliphatic carbocycles. The third-order valence-corrected chi connectivity index (χ3v) is 9.43. The molecule has 2 atom stereocenters. The number of Topliss-reactive ketones (excluding diaryl/α,β-unsaturated/α-hetero) is 3. The molecule has 1 aromatic carbocycles. The normalized spacial score (nSPS) is 13.1. The minimum absolute atomic E-state index is 0.0291. The molecule has 1 aromatic rings. The van der Waals surface area contributed by atoms with Crippen molar-refractivity contribution < 1.29 is 66.8 Å². The SMILES string of the molecule is CNC(=O)OCc1ccc(NC(=O)[C@H](CCCNC(N)=O)CC(=O)[C@@H](NC(=O)COCCOCCOC)C(C)C)cc1OCC(=O)CCCCCC(=O)CCN1C(=O)C=CC1=O. The van der Waals surface area contributed by atoms with E-state index in [2.05, 4.69) is 21.3 Å². The number of nitrogens with zero attached hydrogens (tertiary/aromatic N) is 1. The summed E-state index contributed by atoms with van der Waals surface area (Å²) in [7, 11) is 2.95. The van der Waals surface area contributed by atoms with Crippen LogP contribution >= 0.6 is 0 Å². The van der Waals surface area contributed by atoms with Crippen molar-refractivity contribution in [2.45, 2.75) is 84.3 Å². The van der Waals surface area contributed by atoms with E-state index in [-0.39, 0.29) is 113 Å². The summed E-state index contributed by atoms with van der Waals surface area (Å²) >= 11 is 0. The maximum atomic E-state index is 13.8. The summed E-state index contributed by atoms with van der Waals surface area (Å²) < 4.78 is 26.6. The summed E-state index contributed by atoms with van der Waals surface area (Å²) in [5, 5.41) is 10.3. The Morgan fingerprint density at radius 3 is 2.16 bits per heavy atom. The maximum absolute atomic E-state index is 13.8. The zero-order valence-electron chi connectivity index (χ0n) is 36.1. The number of unbranched alkanes of at least 4 members (excludes halogenated alkanes) is 2. The molecule has 344 valence electrons. The lowest BCUT2D eigenvalue weighted by atomic mass is 9.89. The molecule has 0 aromatic heterocycles. The summed E-state index contributed by atoms with van der Waals surface area (Å²) in [6.45, 7) is 4.06. The van der Waals surface area contributed by atoms with Gasteiger partial charge in [0.05, 0.1) is 32.5 Å². The molecule has 0 spiro atoms. The van der Waals surface area contributed by atoms with E-state index in [0.29, 0.717) is 44.5 Å². The smallest absolute Gasteiger partial charge is 0.407 e. The van der Waals surface area contributed by atoms with Crippen LogP contribution in [-0.4, -0.2) is 131 Å². The van der Waals surface area contributed by atoms with Gasteiger partial charge in [0.1, 0.15) is 31.4 Å². The van der Waals surface area contributed by atoms with Crippen LogP contribution in [-0.2, 0) is 59.1 Å². The minimum Gasteiger partial charge on any atom is -0.485 e. The number of imide groups is 1. The van der Waals surface area contributed by atoms with Gasteiger partial charge in [0, 0.05) is 88.3 Å². The Balaban J connectivity index is 2.05. The quantitative estimate of drug-likeness (QED) is 0.0500. The van der Waals surface area contributed by atoms with Crippen LogP contribution in [0.25, 0.3) is 0 Å². The van der Waals surface area contributed by atoms with Crippen LogP contribution < -0.4 is 31.7 Å². The highest BCUT2D eigenvalue weighted by atomic mass is 16.6. The van der Waals surface area contributed by atoms with Gasteiger partial charge in [-0.2, -0.15) is 0 Å². The predicted molar refractivity (Wildman–Crippen MR) is 224 cm³/mol. The number of hydrogen-bond acceptors (Lipinski definition) is 14. The fraction of sp³-hybridized carbons (Fsp3) is 0.595. The van der Waals surface area contributed by atoms with Crippen LogP contribution in [0.3, 0.4) is 0 Å². The summed E-state index contributed by atoms with van der Waals surface area (Å²) in [5.41, 5.74) is 5.85. The number of carbonyl (C=O) groups excluding carboxylic acids is 9. The summed E-state index contributed by atoms with van der Waals surface area (Å²) in [4.78, 5) is 113. The van der Waals surface area contributed by atoms with Crippen molar-refractivity contribution in [2.75, 3.05) is 72.2 Å². The lowest BCUT2D eigenvalue weighted by Gasteiger charge is -2.24. The van der Waals surface area contributed by atoms with E-state index < -0.39 is 47.7 Å². The molecule has 0 unspecified atom stereocenters. The van der Waals surface area contributed by atoms with Gasteiger partial charge in [0.25, 0.3) is 11.8 Å². The number of amides is 7. The first-order chi connectivity index (χ1) is 29.6. The number of nitrogens with one attached hydrogen (secondary N) is 4. The molecular weight excluding hydrogens is 812 g/mol. The molecule has 20 heteroatoms. The summed E-state index contributed by atoms with van der Waals surface area (Å²) in [6.07, 6.45) is 3.92. The van der Waals surface area contributed by atoms with Crippen molar-refractivity contribution in [3.8, 4) is 5.75 Å². The number of anilines is 1. The molecule has 0 fully saturated rings. The molecule has 1 aliphatic rings. The second-order valence-electron chi connectivity index (χ2n) is 14.7. The van der Waals surface area contributed by atoms with Crippen molar-refractivity contribution in [3.05, 3.63) is 35.9 Å². The number of nitrogens with two attached hydrogens (primary N) is 1. The molecule has 1 heterocycles. The van der Waals surface area contributed by atoms with E-state index in [9.17, 15) is 43.2 Å². The van der Waals surface area contributed by atoms with Gasteiger partial charge >= 0.3 is 12.1 Å². The molecule has 20 nitrogen and oxygen atoms in total. The fourth-order valence-corrected chi connectivity index (χ4v) is 6.03. The number of ether oxygens (including phenoxy) is 5. The topological polar surface area (TPSA) is 277 Å². The van der Waals surface area contributed by atoms with E-state index in [4.69, 9.17) is 29.4 Å². The fourth-order valence-electron chi connectivity index (χ4n) is 6.03. The van der Waals surface area contributed by atoms with Gasteiger partial charge in [0.15, 0.2) is 11.6 Å². The zero-order chi connectivity index (χ0) is 45.9. The van der Waals surface area contributed by atoms with Crippen molar-refractivity contribution in [1.82, 2.24) is 20.9 Å². The molecule has 62 heavy (non-hydrogen) atoms. The van der Waals surface area contributed by atoms with Crippen molar-refractivity contribution in [3.63, 3.8) is 0 Å². The number of hydrogen-bond donors (Lipinski definition) is 5. The summed E-state index contributed by atoms with van der Waals surface area (Å²) in [5.74, 6) is -3.71. The van der Waals surface area contributed by atoms with Gasteiger partial charge in [-0.3, -0.25) is 38.5 Å². The van der Waals surface area contributed by atoms with Gasteiger partial charge in [-0.05, 0) is 43.7 Å². The number of carbonyl (C=O) groups is 9. The van der Waals surface area contributed by atoms with Gasteiger partial charge in [0.2, 0.25) is 11.8 Å². The number of ketones is 3. The third kappa shape index (κ3) is 21.2. The third-order valence-electron chi connectivity index (χ3n) is 9.43. The average Bonchev–Trinajstić information content (AvgIpc) is 3.56. The van der Waals surface area contributed by atoms with Crippen LogP contribution in [0.15, 0.2) is 30.4 Å². The lowest BCUT2D eigenvalue weighted by molar-refractivity contribution is -0.137. The largest absolute Gasteiger partial charge is 0.485 e. The Kier molecular flexibility index (Phi) is 24.9. The molecule has 2 rings (SSSR count). The van der Waals surface area contributed by atoms with Crippen molar-refractivity contribution >= 4 is 58.8 Å². The number of alkyl carbamates (subject to hydrolysis) is 1. The Bertz CT molecular complexity index is 1700. The maximum Gasteiger partial charge on any atom is 0.407 e. The van der Waals surface area contributed by atoms with Gasteiger partial charge in [-0.25, -0.2) is 9.59 Å². The van der Waals surface area contributed by atoms with Crippen LogP contribution in [0.4, 0.5) is 15.3 Å². The molecular formula is C42H62N6O14.